The van der Waals surface area contributed by atoms with Gasteiger partial charge in [0.1, 0.15) is 5.82 Å². The zero-order valence-electron chi connectivity index (χ0n) is 13.5. The molecule has 1 saturated heterocycles. The van der Waals surface area contributed by atoms with Crippen molar-refractivity contribution < 1.29 is 13.7 Å². The molecule has 4 rings (SSSR count). The Kier molecular flexibility index (Phi) is 4.33. The molecule has 0 radical (unpaired) electrons. The van der Waals surface area contributed by atoms with E-state index in [0.29, 0.717) is 35.5 Å². The topological polar surface area (TPSA) is 71.3 Å². The molecule has 2 fully saturated rings. The summed E-state index contributed by atoms with van der Waals surface area (Å²) in [6.45, 7) is 1.26. The molecule has 6 nitrogen and oxygen atoms in total. The molecule has 0 unspecified atom stereocenters. The van der Waals surface area contributed by atoms with Crippen LogP contribution in [0.3, 0.4) is 0 Å². The van der Waals surface area contributed by atoms with Crippen molar-refractivity contribution in [2.75, 3.05) is 13.1 Å². The van der Waals surface area contributed by atoms with Gasteiger partial charge in [-0.15, -0.1) is 0 Å². The molecular formula is C17H18ClFN4O2. The molecule has 25 heavy (non-hydrogen) atoms. The molecule has 132 valence electrons. The number of amides is 2. The average molecular weight is 365 g/mol. The fourth-order valence-corrected chi connectivity index (χ4v) is 3.17. The lowest BCUT2D eigenvalue weighted by atomic mass is 10.1. The summed E-state index contributed by atoms with van der Waals surface area (Å²) in [6.07, 6.45) is 3.04. The molecule has 2 aromatic rings. The molecule has 1 aromatic carbocycles. The SMILES string of the molecule is O=C(NCc1ccc(Cl)cc1F)N1CC[C@H](c2nc(C3CC3)no2)C1. The normalized spacial score (nSPS) is 20.1. The number of likely N-dealkylation sites (tertiary alicyclic amines) is 1. The molecule has 1 aromatic heterocycles. The molecule has 2 amide bonds. The van der Waals surface area contributed by atoms with E-state index in [1.165, 1.54) is 6.07 Å². The van der Waals surface area contributed by atoms with Crippen LogP contribution in [-0.4, -0.2) is 34.2 Å². The van der Waals surface area contributed by atoms with Gasteiger partial charge >= 0.3 is 6.03 Å². The first kappa shape index (κ1) is 16.3. The van der Waals surface area contributed by atoms with Gasteiger partial charge < -0.3 is 14.7 Å². The Hall–Kier alpha value is -2.15. The molecular weight excluding hydrogens is 347 g/mol. The van der Waals surface area contributed by atoms with E-state index in [2.05, 4.69) is 15.5 Å². The third-order valence-electron chi connectivity index (χ3n) is 4.67. The second kappa shape index (κ2) is 6.63. The van der Waals surface area contributed by atoms with Gasteiger partial charge in [0.05, 0.1) is 5.92 Å². The maximum absolute atomic E-state index is 13.8. The van der Waals surface area contributed by atoms with E-state index in [-0.39, 0.29) is 18.5 Å². The molecule has 2 heterocycles. The summed E-state index contributed by atoms with van der Waals surface area (Å²) in [5.74, 6) is 1.49. The first-order valence-corrected chi connectivity index (χ1v) is 8.78. The van der Waals surface area contributed by atoms with Crippen LogP contribution >= 0.6 is 11.6 Å². The highest BCUT2D eigenvalue weighted by Gasteiger charge is 2.34. The summed E-state index contributed by atoms with van der Waals surface area (Å²) < 4.78 is 19.1. The Labute approximate surface area is 149 Å². The maximum atomic E-state index is 13.8. The minimum Gasteiger partial charge on any atom is -0.339 e. The molecule has 1 N–H and O–H groups in total. The number of benzene rings is 1. The molecule has 1 aliphatic carbocycles. The Bertz CT molecular complexity index is 793. The van der Waals surface area contributed by atoms with E-state index in [1.54, 1.807) is 17.0 Å². The number of carbonyl (C=O) groups excluding carboxylic acids is 1. The summed E-state index contributed by atoms with van der Waals surface area (Å²) in [7, 11) is 0. The first-order chi connectivity index (χ1) is 12.1. The van der Waals surface area contributed by atoms with E-state index in [4.69, 9.17) is 16.1 Å². The lowest BCUT2D eigenvalue weighted by Gasteiger charge is -2.17. The second-order valence-electron chi connectivity index (χ2n) is 6.59. The highest BCUT2D eigenvalue weighted by atomic mass is 35.5. The Morgan fingerprint density at radius 3 is 2.96 bits per heavy atom. The van der Waals surface area contributed by atoms with Gasteiger partial charge in [-0.25, -0.2) is 9.18 Å². The fourth-order valence-electron chi connectivity index (χ4n) is 3.01. The van der Waals surface area contributed by atoms with Crippen molar-refractivity contribution in [2.45, 2.75) is 37.6 Å². The van der Waals surface area contributed by atoms with Crippen molar-refractivity contribution in [3.8, 4) is 0 Å². The lowest BCUT2D eigenvalue weighted by molar-refractivity contribution is 0.207. The van der Waals surface area contributed by atoms with Crippen LogP contribution in [0.1, 0.15) is 48.4 Å². The molecule has 1 saturated carbocycles. The predicted octanol–water partition coefficient (Wildman–Crippen LogP) is 3.44. The van der Waals surface area contributed by atoms with Crippen LogP contribution in [0.2, 0.25) is 5.02 Å². The van der Waals surface area contributed by atoms with Gasteiger partial charge in [0.25, 0.3) is 0 Å². The number of nitrogens with one attached hydrogen (secondary N) is 1. The summed E-state index contributed by atoms with van der Waals surface area (Å²) in [4.78, 5) is 18.5. The van der Waals surface area contributed by atoms with Crippen LogP contribution in [0.15, 0.2) is 22.7 Å². The van der Waals surface area contributed by atoms with Crippen LogP contribution in [-0.2, 0) is 6.54 Å². The molecule has 8 heteroatoms. The largest absolute Gasteiger partial charge is 0.339 e. The van der Waals surface area contributed by atoms with Gasteiger partial charge in [-0.3, -0.25) is 0 Å². The zero-order chi connectivity index (χ0) is 17.4. The van der Waals surface area contributed by atoms with E-state index in [0.717, 1.165) is 25.1 Å². The number of urea groups is 1. The van der Waals surface area contributed by atoms with Crippen molar-refractivity contribution in [1.29, 1.82) is 0 Å². The maximum Gasteiger partial charge on any atom is 0.317 e. The number of nitrogens with zero attached hydrogens (tertiary/aromatic N) is 3. The van der Waals surface area contributed by atoms with Crippen molar-refractivity contribution >= 4 is 17.6 Å². The average Bonchev–Trinajstić information content (AvgIpc) is 3.12. The van der Waals surface area contributed by atoms with Crippen LogP contribution in [0.5, 0.6) is 0 Å². The number of carbonyl (C=O) groups is 1. The summed E-state index contributed by atoms with van der Waals surface area (Å²) in [6, 6.07) is 4.19. The highest BCUT2D eigenvalue weighted by molar-refractivity contribution is 6.30. The van der Waals surface area contributed by atoms with Gasteiger partial charge in [-0.2, -0.15) is 4.98 Å². The quantitative estimate of drug-likeness (QED) is 0.902. The number of aromatic nitrogens is 2. The number of rotatable bonds is 4. The van der Waals surface area contributed by atoms with E-state index >= 15 is 0 Å². The standard InChI is InChI=1S/C17H18ClFN4O2/c18-13-4-3-11(14(19)7-13)8-20-17(24)23-6-5-12(9-23)16-21-15(22-25-16)10-1-2-10/h3-4,7,10,12H,1-2,5-6,8-9H2,(H,20,24)/t12-/m0/s1. The summed E-state index contributed by atoms with van der Waals surface area (Å²) in [5, 5.41) is 7.11. The summed E-state index contributed by atoms with van der Waals surface area (Å²) in [5.41, 5.74) is 0.402. The smallest absolute Gasteiger partial charge is 0.317 e. The van der Waals surface area contributed by atoms with Gasteiger partial charge in [0.2, 0.25) is 5.89 Å². The van der Waals surface area contributed by atoms with Gasteiger partial charge in [-0.1, -0.05) is 22.8 Å². The van der Waals surface area contributed by atoms with Crippen LogP contribution in [0, 0.1) is 5.82 Å². The van der Waals surface area contributed by atoms with Crippen molar-refractivity contribution in [3.63, 3.8) is 0 Å². The van der Waals surface area contributed by atoms with E-state index in [1.807, 2.05) is 0 Å². The number of hydrogen-bond donors (Lipinski definition) is 1. The van der Waals surface area contributed by atoms with Crippen LogP contribution < -0.4 is 5.32 Å². The van der Waals surface area contributed by atoms with E-state index in [9.17, 15) is 9.18 Å². The molecule has 1 atom stereocenters. The zero-order valence-corrected chi connectivity index (χ0v) is 14.3. The first-order valence-electron chi connectivity index (χ1n) is 8.40. The third-order valence-corrected chi connectivity index (χ3v) is 4.90. The monoisotopic (exact) mass is 364 g/mol. The lowest BCUT2D eigenvalue weighted by Crippen LogP contribution is -2.38. The van der Waals surface area contributed by atoms with Gasteiger partial charge in [0.15, 0.2) is 5.82 Å². The van der Waals surface area contributed by atoms with Gasteiger partial charge in [0, 0.05) is 36.1 Å². The molecule has 2 aliphatic rings. The van der Waals surface area contributed by atoms with Crippen LogP contribution in [0.4, 0.5) is 9.18 Å². The number of hydrogen-bond acceptors (Lipinski definition) is 4. The third kappa shape index (κ3) is 3.61. The van der Waals surface area contributed by atoms with Gasteiger partial charge in [-0.05, 0) is 31.4 Å². The van der Waals surface area contributed by atoms with Crippen molar-refractivity contribution in [1.82, 2.24) is 20.4 Å². The number of halogens is 2. The highest BCUT2D eigenvalue weighted by Crippen LogP contribution is 2.39. The minimum atomic E-state index is -0.425. The fraction of sp³-hybridized carbons (Fsp3) is 0.471. The van der Waals surface area contributed by atoms with E-state index < -0.39 is 5.82 Å². The minimum absolute atomic E-state index is 0.0676. The second-order valence-corrected chi connectivity index (χ2v) is 7.03. The Morgan fingerprint density at radius 2 is 2.20 bits per heavy atom. The van der Waals surface area contributed by atoms with Crippen molar-refractivity contribution in [2.24, 2.45) is 0 Å². The Balaban J connectivity index is 1.32. The summed E-state index contributed by atoms with van der Waals surface area (Å²) >= 11 is 5.73. The molecule has 0 bridgehead atoms. The van der Waals surface area contributed by atoms with Crippen molar-refractivity contribution in [3.05, 3.63) is 46.3 Å². The molecule has 1 aliphatic heterocycles. The molecule has 0 spiro atoms. The van der Waals surface area contributed by atoms with Crippen LogP contribution in [0.25, 0.3) is 0 Å². The predicted molar refractivity (Wildman–Crippen MR) is 88.8 cm³/mol. The Morgan fingerprint density at radius 1 is 1.36 bits per heavy atom.